The maximum absolute atomic E-state index is 11.6. The predicted octanol–water partition coefficient (Wildman–Crippen LogP) is 3.28. The second-order valence-corrected chi connectivity index (χ2v) is 6.27. The fraction of sp³-hybridized carbons (Fsp3) is 0.692. The Balaban J connectivity index is 2.15. The first-order valence-corrected chi connectivity index (χ1v) is 7.04. The molecular formula is C13H19NO2S. The molecule has 4 heteroatoms. The van der Waals surface area contributed by atoms with Crippen LogP contribution in [0.3, 0.4) is 0 Å². The average molecular weight is 253 g/mol. The van der Waals surface area contributed by atoms with Gasteiger partial charge in [-0.15, -0.1) is 11.3 Å². The topological polar surface area (TPSA) is 50.2 Å². The number of thiazole rings is 1. The molecule has 0 saturated heterocycles. The van der Waals surface area contributed by atoms with Gasteiger partial charge in [0.1, 0.15) is 0 Å². The van der Waals surface area contributed by atoms with Crippen LogP contribution < -0.4 is 0 Å². The fourth-order valence-electron chi connectivity index (χ4n) is 2.55. The van der Waals surface area contributed by atoms with E-state index in [4.69, 9.17) is 0 Å². The molecular weight excluding hydrogens is 234 g/mol. The van der Waals surface area contributed by atoms with Gasteiger partial charge in [-0.2, -0.15) is 0 Å². The molecule has 0 aliphatic heterocycles. The van der Waals surface area contributed by atoms with Gasteiger partial charge < -0.3 is 5.11 Å². The zero-order chi connectivity index (χ0) is 12.5. The van der Waals surface area contributed by atoms with E-state index in [-0.39, 0.29) is 0 Å². The highest BCUT2D eigenvalue weighted by molar-refractivity contribution is 7.09. The molecule has 1 fully saturated rings. The van der Waals surface area contributed by atoms with E-state index in [1.165, 1.54) is 0 Å². The Morgan fingerprint density at radius 1 is 1.59 bits per heavy atom. The van der Waals surface area contributed by atoms with Crippen LogP contribution in [0.25, 0.3) is 0 Å². The van der Waals surface area contributed by atoms with Crippen LogP contribution in [0, 0.1) is 18.3 Å². The van der Waals surface area contributed by atoms with Crippen molar-refractivity contribution in [2.24, 2.45) is 11.3 Å². The number of hydrogen-bond acceptors (Lipinski definition) is 3. The molecule has 1 aliphatic carbocycles. The SMILES string of the molecule is Cc1csc(CC2(C(=O)O)CCC(C)CC2)n1. The van der Waals surface area contributed by atoms with Crippen LogP contribution in [0.5, 0.6) is 0 Å². The number of rotatable bonds is 3. The summed E-state index contributed by atoms with van der Waals surface area (Å²) in [5.74, 6) is 0.0257. The number of aliphatic carboxylic acids is 1. The van der Waals surface area contributed by atoms with Crippen LogP contribution in [-0.4, -0.2) is 16.1 Å². The van der Waals surface area contributed by atoms with Crippen molar-refractivity contribution in [2.45, 2.75) is 46.0 Å². The molecule has 1 aliphatic rings. The third kappa shape index (κ3) is 2.68. The highest BCUT2D eigenvalue weighted by Crippen LogP contribution is 2.42. The summed E-state index contributed by atoms with van der Waals surface area (Å²) >= 11 is 1.59. The molecule has 1 aromatic rings. The van der Waals surface area contributed by atoms with Crippen molar-refractivity contribution in [1.29, 1.82) is 0 Å². The van der Waals surface area contributed by atoms with Gasteiger partial charge in [0.25, 0.3) is 0 Å². The molecule has 0 atom stereocenters. The number of carboxylic acids is 1. The Kier molecular flexibility index (Phi) is 3.52. The lowest BCUT2D eigenvalue weighted by Crippen LogP contribution is -2.37. The molecule has 1 heterocycles. The van der Waals surface area contributed by atoms with E-state index < -0.39 is 11.4 Å². The Bertz CT molecular complexity index is 405. The van der Waals surface area contributed by atoms with Crippen LogP contribution in [0.2, 0.25) is 0 Å². The quantitative estimate of drug-likeness (QED) is 0.899. The van der Waals surface area contributed by atoms with E-state index in [0.717, 1.165) is 36.4 Å². The Morgan fingerprint density at radius 3 is 2.71 bits per heavy atom. The zero-order valence-electron chi connectivity index (χ0n) is 10.4. The van der Waals surface area contributed by atoms with Crippen molar-refractivity contribution in [2.75, 3.05) is 0 Å². The van der Waals surface area contributed by atoms with Gasteiger partial charge in [0.2, 0.25) is 0 Å². The lowest BCUT2D eigenvalue weighted by Gasteiger charge is -2.35. The van der Waals surface area contributed by atoms with Crippen LogP contribution in [0.4, 0.5) is 0 Å². The smallest absolute Gasteiger partial charge is 0.310 e. The van der Waals surface area contributed by atoms with Gasteiger partial charge in [-0.3, -0.25) is 4.79 Å². The molecule has 3 nitrogen and oxygen atoms in total. The van der Waals surface area contributed by atoms with Gasteiger partial charge in [0, 0.05) is 17.5 Å². The first-order chi connectivity index (χ1) is 8.02. The minimum Gasteiger partial charge on any atom is -0.481 e. The summed E-state index contributed by atoms with van der Waals surface area (Å²) in [5.41, 5.74) is 0.436. The highest BCUT2D eigenvalue weighted by atomic mass is 32.1. The molecule has 0 bridgehead atoms. The molecule has 17 heavy (non-hydrogen) atoms. The van der Waals surface area contributed by atoms with Crippen molar-refractivity contribution in [3.63, 3.8) is 0 Å². The highest BCUT2D eigenvalue weighted by Gasteiger charge is 2.41. The molecule has 0 radical (unpaired) electrons. The third-order valence-electron chi connectivity index (χ3n) is 3.84. The lowest BCUT2D eigenvalue weighted by molar-refractivity contribution is -0.151. The van der Waals surface area contributed by atoms with Gasteiger partial charge in [-0.1, -0.05) is 6.92 Å². The Morgan fingerprint density at radius 2 is 2.24 bits per heavy atom. The van der Waals surface area contributed by atoms with Crippen molar-refractivity contribution in [1.82, 2.24) is 4.98 Å². The summed E-state index contributed by atoms with van der Waals surface area (Å²) < 4.78 is 0. The monoisotopic (exact) mass is 253 g/mol. The molecule has 2 rings (SSSR count). The number of nitrogens with zero attached hydrogens (tertiary/aromatic N) is 1. The number of carboxylic acid groups (broad SMARTS) is 1. The van der Waals surface area contributed by atoms with E-state index in [1.54, 1.807) is 11.3 Å². The fourth-order valence-corrected chi connectivity index (χ4v) is 3.47. The Labute approximate surface area is 106 Å². The normalized spacial score (nSPS) is 29.2. The molecule has 0 amide bonds. The number of carbonyl (C=O) groups is 1. The van der Waals surface area contributed by atoms with Crippen LogP contribution in [-0.2, 0) is 11.2 Å². The summed E-state index contributed by atoms with van der Waals surface area (Å²) in [4.78, 5) is 16.0. The van der Waals surface area contributed by atoms with Crippen LogP contribution >= 0.6 is 11.3 Å². The third-order valence-corrected chi connectivity index (χ3v) is 4.81. The maximum Gasteiger partial charge on any atom is 0.310 e. The number of aromatic nitrogens is 1. The summed E-state index contributed by atoms with van der Waals surface area (Å²) in [6, 6.07) is 0. The molecule has 0 spiro atoms. The van der Waals surface area contributed by atoms with Crippen molar-refractivity contribution < 1.29 is 9.90 Å². The van der Waals surface area contributed by atoms with E-state index in [2.05, 4.69) is 11.9 Å². The first kappa shape index (κ1) is 12.6. The summed E-state index contributed by atoms with van der Waals surface area (Å²) in [7, 11) is 0. The number of aryl methyl sites for hydroxylation is 1. The van der Waals surface area contributed by atoms with Gasteiger partial charge in [0.05, 0.1) is 10.4 Å². The van der Waals surface area contributed by atoms with Gasteiger partial charge in [0.15, 0.2) is 0 Å². The van der Waals surface area contributed by atoms with E-state index in [1.807, 2.05) is 12.3 Å². The van der Waals surface area contributed by atoms with Crippen molar-refractivity contribution in [3.05, 3.63) is 16.1 Å². The summed E-state index contributed by atoms with van der Waals surface area (Å²) in [5, 5.41) is 12.5. The number of hydrogen-bond donors (Lipinski definition) is 1. The minimum atomic E-state index is -0.641. The predicted molar refractivity (Wildman–Crippen MR) is 68.3 cm³/mol. The largest absolute Gasteiger partial charge is 0.481 e. The molecule has 1 aromatic heterocycles. The summed E-state index contributed by atoms with van der Waals surface area (Å²) in [6.07, 6.45) is 4.24. The summed E-state index contributed by atoms with van der Waals surface area (Å²) in [6.45, 7) is 4.16. The van der Waals surface area contributed by atoms with Crippen molar-refractivity contribution in [3.8, 4) is 0 Å². The van der Waals surface area contributed by atoms with E-state index in [0.29, 0.717) is 12.3 Å². The minimum absolute atomic E-state index is 0.559. The van der Waals surface area contributed by atoms with Gasteiger partial charge in [-0.25, -0.2) is 4.98 Å². The van der Waals surface area contributed by atoms with Crippen molar-refractivity contribution >= 4 is 17.3 Å². The lowest BCUT2D eigenvalue weighted by atomic mass is 9.69. The van der Waals surface area contributed by atoms with Gasteiger partial charge >= 0.3 is 5.97 Å². The second-order valence-electron chi connectivity index (χ2n) is 5.33. The first-order valence-electron chi connectivity index (χ1n) is 6.16. The molecule has 0 unspecified atom stereocenters. The van der Waals surface area contributed by atoms with Gasteiger partial charge in [-0.05, 0) is 38.5 Å². The Hall–Kier alpha value is -0.900. The van der Waals surface area contributed by atoms with E-state index >= 15 is 0 Å². The van der Waals surface area contributed by atoms with Crippen LogP contribution in [0.1, 0.15) is 43.3 Å². The van der Waals surface area contributed by atoms with Crippen LogP contribution in [0.15, 0.2) is 5.38 Å². The standard InChI is InChI=1S/C13H19NO2S/c1-9-3-5-13(6-4-9,12(15)16)7-11-14-10(2)8-17-11/h8-9H,3-7H2,1-2H3,(H,15,16). The molecule has 94 valence electrons. The molecule has 0 aromatic carbocycles. The van der Waals surface area contributed by atoms with E-state index in [9.17, 15) is 9.90 Å². The molecule has 1 saturated carbocycles. The maximum atomic E-state index is 11.6. The average Bonchev–Trinajstić information content (AvgIpc) is 2.67. The second kappa shape index (κ2) is 4.77. The zero-order valence-corrected chi connectivity index (χ0v) is 11.2. The molecule has 1 N–H and O–H groups in total.